The molecule has 1 aromatic rings. The van der Waals surface area contributed by atoms with Crippen molar-refractivity contribution < 1.29 is 21.9 Å². The van der Waals surface area contributed by atoms with Gasteiger partial charge in [0.15, 0.2) is 0 Å². The molecule has 0 fully saturated rings. The van der Waals surface area contributed by atoms with Gasteiger partial charge in [-0.25, -0.2) is 32.2 Å². The van der Waals surface area contributed by atoms with Crippen molar-refractivity contribution in [2.45, 2.75) is 23.3 Å². The first-order valence-corrected chi connectivity index (χ1v) is 7.44. The number of benzene rings is 1. The second-order valence-electron chi connectivity index (χ2n) is 3.42. The van der Waals surface area contributed by atoms with E-state index >= 15 is 0 Å². The molecule has 0 atom stereocenters. The summed E-state index contributed by atoms with van der Waals surface area (Å²) < 4.78 is 45.0. The molecule has 0 aliphatic heterocycles. The van der Waals surface area contributed by atoms with Gasteiger partial charge in [0.05, 0.1) is 9.79 Å². The molecule has 1 rings (SSSR count). The Morgan fingerprint density at radius 1 is 1.06 bits per heavy atom. The van der Waals surface area contributed by atoms with E-state index in [2.05, 4.69) is 0 Å². The Labute approximate surface area is 99.2 Å². The number of sulfonamides is 2. The Kier molecular flexibility index (Phi) is 3.60. The molecule has 9 heteroatoms. The number of primary sulfonamides is 2. The van der Waals surface area contributed by atoms with Crippen molar-refractivity contribution in [2.75, 3.05) is 0 Å². The summed E-state index contributed by atoms with van der Waals surface area (Å²) in [5.41, 5.74) is -0.222. The molecule has 1 aromatic carbocycles. The number of aryl methyl sites for hydroxylation is 1. The molecule has 0 aliphatic carbocycles. The maximum Gasteiger partial charge on any atom is 0.238 e. The summed E-state index contributed by atoms with van der Waals surface area (Å²) in [6.07, 6.45) is 0. The van der Waals surface area contributed by atoms with Crippen LogP contribution in [-0.4, -0.2) is 16.8 Å². The number of hydrogen-bond acceptors (Lipinski definition) is 4. The molecule has 1 radical (unpaired) electrons. The summed E-state index contributed by atoms with van der Waals surface area (Å²) in [7, 11) is -8.34. The third kappa shape index (κ3) is 2.82. The average Bonchev–Trinajstić information content (AvgIpc) is 2.12. The number of hydrogen-bond donors (Lipinski definition) is 2. The summed E-state index contributed by atoms with van der Waals surface area (Å²) in [6.45, 7) is 0.366. The second kappa shape index (κ2) is 4.35. The Morgan fingerprint density at radius 3 is 1.94 bits per heavy atom. The van der Waals surface area contributed by atoms with Crippen molar-refractivity contribution in [2.24, 2.45) is 10.3 Å². The fourth-order valence-corrected chi connectivity index (χ4v) is 3.38. The lowest BCUT2D eigenvalue weighted by atomic mass is 10.1. The molecule has 17 heavy (non-hydrogen) atoms. The van der Waals surface area contributed by atoms with E-state index in [0.717, 1.165) is 6.07 Å². The van der Waals surface area contributed by atoms with Crippen LogP contribution in [0.2, 0.25) is 0 Å². The van der Waals surface area contributed by atoms with Crippen LogP contribution in [0.15, 0.2) is 21.9 Å². The topological polar surface area (TPSA) is 140 Å². The third-order valence-electron chi connectivity index (χ3n) is 2.15. The van der Waals surface area contributed by atoms with Gasteiger partial charge in [-0.1, -0.05) is 6.07 Å². The Hall–Kier alpha value is -1.00. The van der Waals surface area contributed by atoms with Crippen molar-refractivity contribution in [3.63, 3.8) is 0 Å². The molecule has 0 spiro atoms. The molecule has 0 saturated heterocycles. The van der Waals surface area contributed by atoms with E-state index in [1.54, 1.807) is 0 Å². The van der Waals surface area contributed by atoms with E-state index < -0.39 is 42.0 Å². The monoisotopic (exact) mass is 279 g/mol. The van der Waals surface area contributed by atoms with Crippen molar-refractivity contribution >= 4 is 20.0 Å². The normalized spacial score (nSPS) is 12.7. The molecule has 4 N–H and O–H groups in total. The Balaban J connectivity index is 3.85. The van der Waals surface area contributed by atoms with Gasteiger partial charge in [0.25, 0.3) is 0 Å². The largest absolute Gasteiger partial charge is 0.238 e. The van der Waals surface area contributed by atoms with Gasteiger partial charge in [0, 0.05) is 5.56 Å². The minimum atomic E-state index is -4.18. The van der Waals surface area contributed by atoms with Gasteiger partial charge in [0.1, 0.15) is 6.61 Å². The molecular formula is C8H11N2O5S2. The van der Waals surface area contributed by atoms with E-state index in [0.29, 0.717) is 0 Å². The van der Waals surface area contributed by atoms with Crippen LogP contribution in [-0.2, 0) is 31.8 Å². The highest BCUT2D eigenvalue weighted by molar-refractivity contribution is 7.90. The lowest BCUT2D eigenvalue weighted by Crippen LogP contribution is -2.21. The van der Waals surface area contributed by atoms with Crippen molar-refractivity contribution in [3.05, 3.63) is 23.3 Å². The van der Waals surface area contributed by atoms with Gasteiger partial charge in [-0.3, -0.25) is 0 Å². The summed E-state index contributed by atoms with van der Waals surface area (Å²) in [4.78, 5) is -0.985. The molecule has 0 aromatic heterocycles. The maximum atomic E-state index is 11.3. The lowest BCUT2D eigenvalue weighted by molar-refractivity contribution is 0.172. The van der Waals surface area contributed by atoms with Crippen molar-refractivity contribution in [1.82, 2.24) is 0 Å². The molecule has 0 unspecified atom stereocenters. The van der Waals surface area contributed by atoms with Crippen LogP contribution in [0.1, 0.15) is 11.1 Å². The van der Waals surface area contributed by atoms with Crippen molar-refractivity contribution in [1.29, 1.82) is 0 Å². The fraction of sp³-hybridized carbons (Fsp3) is 0.250. The molecule has 7 nitrogen and oxygen atoms in total. The molecule has 0 heterocycles. The van der Waals surface area contributed by atoms with Crippen LogP contribution in [0.4, 0.5) is 0 Å². The third-order valence-corrected chi connectivity index (χ3v) is 4.28. The van der Waals surface area contributed by atoms with Gasteiger partial charge >= 0.3 is 0 Å². The smallest absolute Gasteiger partial charge is 0.231 e. The highest BCUT2D eigenvalue weighted by Gasteiger charge is 2.24. The SMILES string of the molecule is Cc1ccc(S(N)(=O)=O)c(C[O])c1S(N)(=O)=O. The second-order valence-corrected chi connectivity index (χ2v) is 6.45. The molecule has 0 amide bonds. The highest BCUT2D eigenvalue weighted by atomic mass is 32.2. The van der Waals surface area contributed by atoms with Crippen LogP contribution in [0.5, 0.6) is 0 Å². The quantitative estimate of drug-likeness (QED) is 0.748. The molecule has 95 valence electrons. The zero-order valence-electron chi connectivity index (χ0n) is 8.87. The highest BCUT2D eigenvalue weighted by Crippen LogP contribution is 2.25. The van der Waals surface area contributed by atoms with Gasteiger partial charge in [-0.15, -0.1) is 0 Å². The van der Waals surface area contributed by atoms with Crippen LogP contribution in [0.25, 0.3) is 0 Å². The van der Waals surface area contributed by atoms with Crippen LogP contribution >= 0.6 is 0 Å². The van der Waals surface area contributed by atoms with Gasteiger partial charge in [-0.05, 0) is 18.6 Å². The predicted octanol–water partition coefficient (Wildman–Crippen LogP) is -0.780. The Morgan fingerprint density at radius 2 is 1.59 bits per heavy atom. The van der Waals surface area contributed by atoms with Gasteiger partial charge in [-0.2, -0.15) is 0 Å². The Bertz CT molecular complexity index is 649. The van der Waals surface area contributed by atoms with E-state index in [1.807, 2.05) is 0 Å². The number of rotatable bonds is 3. The standard InChI is InChI=1S/C8H11N2O5S2/c1-5-2-3-7(16(9,12)13)6(4-11)8(5)17(10,14)15/h2-3H,4H2,1H3,(H2,9,12,13)(H2,10,14,15). The molecule has 0 bridgehead atoms. The van der Waals surface area contributed by atoms with Crippen molar-refractivity contribution in [3.8, 4) is 0 Å². The summed E-state index contributed by atoms with van der Waals surface area (Å²) in [5, 5.41) is 20.8. The van der Waals surface area contributed by atoms with E-state index in [4.69, 9.17) is 10.3 Å². The average molecular weight is 279 g/mol. The van der Waals surface area contributed by atoms with Gasteiger partial charge < -0.3 is 0 Å². The minimum Gasteiger partial charge on any atom is -0.231 e. The van der Waals surface area contributed by atoms with E-state index in [9.17, 15) is 21.9 Å². The predicted molar refractivity (Wildman–Crippen MR) is 58.3 cm³/mol. The minimum absolute atomic E-state index is 0.200. The number of nitrogens with two attached hydrogens (primary N) is 2. The first-order valence-electron chi connectivity index (χ1n) is 4.35. The molecule has 0 saturated carbocycles. The maximum absolute atomic E-state index is 11.3. The summed E-state index contributed by atoms with van der Waals surface area (Å²) >= 11 is 0. The first kappa shape index (κ1) is 14.1. The summed E-state index contributed by atoms with van der Waals surface area (Å²) in [5.74, 6) is 0. The zero-order chi connectivity index (χ0) is 13.4. The zero-order valence-corrected chi connectivity index (χ0v) is 10.5. The van der Waals surface area contributed by atoms with Gasteiger partial charge in [0.2, 0.25) is 20.0 Å². The van der Waals surface area contributed by atoms with E-state index in [-0.39, 0.29) is 5.56 Å². The molecule has 0 aliphatic rings. The van der Waals surface area contributed by atoms with Crippen LogP contribution in [0.3, 0.4) is 0 Å². The van der Waals surface area contributed by atoms with Crippen LogP contribution < -0.4 is 10.3 Å². The first-order chi connectivity index (χ1) is 7.59. The fourth-order valence-electron chi connectivity index (χ4n) is 1.53. The molecular weight excluding hydrogens is 268 g/mol. The van der Waals surface area contributed by atoms with E-state index in [1.165, 1.54) is 13.0 Å². The lowest BCUT2D eigenvalue weighted by Gasteiger charge is -2.12. The summed E-state index contributed by atoms with van der Waals surface area (Å²) in [6, 6.07) is 2.32. The van der Waals surface area contributed by atoms with Crippen LogP contribution in [0, 0.1) is 6.92 Å².